The molecule has 4 aromatic rings. The van der Waals surface area contributed by atoms with Crippen LogP contribution in [0.15, 0.2) is 66.5 Å². The number of anilines is 1. The summed E-state index contributed by atoms with van der Waals surface area (Å²) in [5.74, 6) is -0.669. The largest absolute Gasteiger partial charge is 0.388 e. The van der Waals surface area contributed by atoms with Crippen LogP contribution in [0.3, 0.4) is 0 Å². The smallest absolute Gasteiger partial charge is 0.246 e. The van der Waals surface area contributed by atoms with Crippen molar-refractivity contribution >= 4 is 40.4 Å². The Balaban J connectivity index is 0.916. The summed E-state index contributed by atoms with van der Waals surface area (Å²) in [7, 11) is 0. The number of nitrogen functional groups attached to an aromatic ring is 1. The fourth-order valence-electron chi connectivity index (χ4n) is 6.79. The lowest BCUT2D eigenvalue weighted by Crippen LogP contribution is -2.58. The third-order valence-corrected chi connectivity index (χ3v) is 10.9. The number of nitrogens with one attached hydrogen (secondary N) is 2. The Morgan fingerprint density at radius 3 is 2.61 bits per heavy atom. The van der Waals surface area contributed by atoms with Gasteiger partial charge in [0, 0.05) is 36.0 Å². The van der Waals surface area contributed by atoms with E-state index in [2.05, 4.69) is 30.9 Å². The van der Waals surface area contributed by atoms with Crippen LogP contribution >= 0.6 is 11.3 Å². The maximum Gasteiger partial charge on any atom is 0.246 e. The summed E-state index contributed by atoms with van der Waals surface area (Å²) in [6.45, 7) is 9.40. The number of hydrogen-bond donors (Lipinski definition) is 4. The molecule has 0 saturated carbocycles. The number of thiazole rings is 1. The Labute approximate surface area is 336 Å². The molecule has 5 N–H and O–H groups in total. The van der Waals surface area contributed by atoms with Crippen molar-refractivity contribution in [3.05, 3.63) is 83.4 Å². The first kappa shape index (κ1) is 41.3. The first-order chi connectivity index (χ1) is 27.4. The highest BCUT2D eigenvalue weighted by molar-refractivity contribution is 7.13. The predicted molar refractivity (Wildman–Crippen MR) is 217 cm³/mol. The van der Waals surface area contributed by atoms with Gasteiger partial charge in [-0.1, -0.05) is 63.3 Å². The highest BCUT2D eigenvalue weighted by Gasteiger charge is 2.41. The predicted octanol–water partition coefficient (Wildman–Crippen LogP) is 3.93. The molecular weight excluding hydrogens is 747 g/mol. The number of benzene rings is 1. The van der Waals surface area contributed by atoms with Crippen molar-refractivity contribution < 1.29 is 29.0 Å². The third kappa shape index (κ3) is 10.6. The van der Waals surface area contributed by atoms with Crippen LogP contribution in [0.4, 0.5) is 5.82 Å². The Morgan fingerprint density at radius 2 is 1.88 bits per heavy atom. The zero-order valence-corrected chi connectivity index (χ0v) is 33.6. The molecule has 16 heteroatoms. The van der Waals surface area contributed by atoms with Crippen molar-refractivity contribution in [3.63, 3.8) is 0 Å². The molecule has 3 amide bonds. The van der Waals surface area contributed by atoms with Crippen LogP contribution in [-0.2, 0) is 36.9 Å². The van der Waals surface area contributed by atoms with Crippen molar-refractivity contribution in [1.29, 1.82) is 0 Å². The molecule has 3 atom stereocenters. The van der Waals surface area contributed by atoms with Crippen molar-refractivity contribution in [3.8, 4) is 21.6 Å². The number of nitrogens with zero attached hydrogens (tertiary/aromatic N) is 6. The van der Waals surface area contributed by atoms with E-state index in [0.29, 0.717) is 62.3 Å². The number of aryl methyl sites for hydroxylation is 1. The molecule has 6 rings (SSSR count). The number of allylic oxidation sites excluding steroid dienone is 2. The highest BCUT2D eigenvalue weighted by Crippen LogP contribution is 2.30. The van der Waals surface area contributed by atoms with Crippen LogP contribution < -0.4 is 16.4 Å². The quantitative estimate of drug-likeness (QED) is 0.120. The minimum atomic E-state index is -0.849. The molecule has 3 aromatic heterocycles. The Hall–Kier alpha value is -5.29. The third-order valence-electron chi connectivity index (χ3n) is 9.95. The highest BCUT2D eigenvalue weighted by atomic mass is 32.1. The summed E-state index contributed by atoms with van der Waals surface area (Å²) in [6.07, 6.45) is 10.2. The number of carbonyl (C=O) groups is 3. The number of carbonyl (C=O) groups excluding carboxylic acids is 3. The summed E-state index contributed by atoms with van der Waals surface area (Å²) >= 11 is 1.59. The summed E-state index contributed by atoms with van der Waals surface area (Å²) in [4.78, 5) is 47.2. The lowest BCUT2D eigenvalue weighted by Gasteiger charge is -2.35. The summed E-state index contributed by atoms with van der Waals surface area (Å²) in [5, 5.41) is 28.9. The van der Waals surface area contributed by atoms with Gasteiger partial charge < -0.3 is 35.8 Å². The standard InChI is InChI=1S/C41H51N9O6S/c1-26-36(57-25-44-26)28-13-11-27(12-14-28)21-43-39(53)33-9-7-15-50(33)40(54)37(41(2,3)4)46-35(52)24-56-19-18-55-17-16-49-23-29(22-45-49)31-20-32(47-48-38(31)42)30-8-5-6-10-34(30)51/h5-6,8,11-14,20,22-23,25,33-34,37,51H,7,9-10,15-19,21,24H2,1-4H3,(H2,42,48)(H,43,53)(H,46,52)/t33-,34?,37+/m0/s1. The normalized spacial score (nSPS) is 17.4. The van der Waals surface area contributed by atoms with Crippen LogP contribution in [0.25, 0.3) is 27.1 Å². The Bertz CT molecular complexity index is 2090. The molecule has 1 unspecified atom stereocenters. The molecule has 1 aromatic carbocycles. The van der Waals surface area contributed by atoms with E-state index in [-0.39, 0.29) is 37.5 Å². The molecule has 0 radical (unpaired) electrons. The van der Waals surface area contributed by atoms with Crippen molar-refractivity contribution in [2.24, 2.45) is 5.41 Å². The van der Waals surface area contributed by atoms with E-state index < -0.39 is 29.5 Å². The topological polar surface area (TPSA) is 200 Å². The molecule has 57 heavy (non-hydrogen) atoms. The van der Waals surface area contributed by atoms with Crippen LogP contribution in [0.2, 0.25) is 0 Å². The number of rotatable bonds is 16. The lowest BCUT2D eigenvalue weighted by molar-refractivity contribution is -0.144. The fraction of sp³-hybridized carbons (Fsp3) is 0.439. The second-order valence-electron chi connectivity index (χ2n) is 15.2. The van der Waals surface area contributed by atoms with Gasteiger partial charge in [0.15, 0.2) is 5.82 Å². The van der Waals surface area contributed by atoms with E-state index >= 15 is 0 Å². The van der Waals surface area contributed by atoms with Gasteiger partial charge in [-0.3, -0.25) is 19.1 Å². The Morgan fingerprint density at radius 1 is 1.09 bits per heavy atom. The van der Waals surface area contributed by atoms with Crippen molar-refractivity contribution in [2.75, 3.05) is 38.7 Å². The zero-order valence-electron chi connectivity index (χ0n) is 32.8. The molecule has 1 fully saturated rings. The van der Waals surface area contributed by atoms with Crippen LogP contribution in [0, 0.1) is 12.3 Å². The number of ether oxygens (including phenoxy) is 2. The summed E-state index contributed by atoms with van der Waals surface area (Å²) in [5.41, 5.74) is 13.0. The van der Waals surface area contributed by atoms with Gasteiger partial charge in [0.1, 0.15) is 18.7 Å². The van der Waals surface area contributed by atoms with E-state index in [1.807, 2.05) is 81.9 Å². The maximum atomic E-state index is 13.9. The second-order valence-corrected chi connectivity index (χ2v) is 16.1. The van der Waals surface area contributed by atoms with Gasteiger partial charge in [-0.25, -0.2) is 4.98 Å². The number of amides is 3. The van der Waals surface area contributed by atoms with E-state index in [9.17, 15) is 19.5 Å². The number of aliphatic hydroxyl groups excluding tert-OH is 1. The molecule has 1 aliphatic carbocycles. The number of likely N-dealkylation sites (tertiary alicyclic amines) is 1. The molecular formula is C41H51N9O6S. The monoisotopic (exact) mass is 797 g/mol. The van der Waals surface area contributed by atoms with Crippen molar-refractivity contribution in [2.45, 2.75) is 78.2 Å². The van der Waals surface area contributed by atoms with Crippen LogP contribution in [0.1, 0.15) is 57.0 Å². The molecule has 0 bridgehead atoms. The van der Waals surface area contributed by atoms with Crippen LogP contribution in [-0.4, -0.2) is 104 Å². The van der Waals surface area contributed by atoms with Gasteiger partial charge in [0.25, 0.3) is 0 Å². The molecule has 4 heterocycles. The summed E-state index contributed by atoms with van der Waals surface area (Å²) < 4.78 is 13.0. The fourth-order valence-corrected chi connectivity index (χ4v) is 7.61. The van der Waals surface area contributed by atoms with Crippen LogP contribution in [0.5, 0.6) is 0 Å². The van der Waals surface area contributed by atoms with E-state index in [1.165, 1.54) is 0 Å². The first-order valence-corrected chi connectivity index (χ1v) is 20.0. The molecule has 1 saturated heterocycles. The SMILES string of the molecule is Cc1ncsc1-c1ccc(CNC(=O)[C@@H]2CCCN2C(=O)[C@@H](NC(=O)COCCOCCn2cc(-c3cc(C4=CC=CCC4O)nnc3N)cn2)C(C)(C)C)cc1. The average molecular weight is 798 g/mol. The minimum Gasteiger partial charge on any atom is -0.388 e. The van der Waals surface area contributed by atoms with E-state index in [1.54, 1.807) is 33.2 Å². The first-order valence-electron chi connectivity index (χ1n) is 19.1. The Kier molecular flexibility index (Phi) is 13.6. The molecule has 1 aliphatic heterocycles. The summed E-state index contributed by atoms with van der Waals surface area (Å²) in [6, 6.07) is 8.36. The van der Waals surface area contributed by atoms with Gasteiger partial charge >= 0.3 is 0 Å². The number of aliphatic hydroxyl groups is 1. The van der Waals surface area contributed by atoms with Gasteiger partial charge in [-0.05, 0) is 48.8 Å². The van der Waals surface area contributed by atoms with E-state index in [0.717, 1.165) is 27.3 Å². The average Bonchev–Trinajstić information content (AvgIpc) is 3.98. The molecule has 0 spiro atoms. The number of hydrogen-bond acceptors (Lipinski definition) is 12. The minimum absolute atomic E-state index is 0.173. The lowest BCUT2D eigenvalue weighted by atomic mass is 9.85. The van der Waals surface area contributed by atoms with E-state index in [4.69, 9.17) is 15.2 Å². The van der Waals surface area contributed by atoms with Crippen molar-refractivity contribution in [1.82, 2.24) is 40.5 Å². The van der Waals surface area contributed by atoms with Gasteiger partial charge in [0.05, 0.1) is 60.4 Å². The zero-order chi connectivity index (χ0) is 40.5. The number of aromatic nitrogens is 5. The molecule has 2 aliphatic rings. The van der Waals surface area contributed by atoms with Gasteiger partial charge in [0.2, 0.25) is 17.7 Å². The second kappa shape index (κ2) is 18.8. The molecule has 302 valence electrons. The maximum absolute atomic E-state index is 13.9. The van der Waals surface area contributed by atoms with Gasteiger partial charge in [-0.15, -0.1) is 21.5 Å². The van der Waals surface area contributed by atoms with Gasteiger partial charge in [-0.2, -0.15) is 5.10 Å². The molecule has 15 nitrogen and oxygen atoms in total. The number of nitrogens with two attached hydrogens (primary N) is 1.